The van der Waals surface area contributed by atoms with E-state index in [-0.39, 0.29) is 5.91 Å². The lowest BCUT2D eigenvalue weighted by atomic mass is 10.1. The van der Waals surface area contributed by atoms with Crippen LogP contribution in [0.25, 0.3) is 0 Å². The van der Waals surface area contributed by atoms with Crippen LogP contribution in [-0.2, 0) is 11.2 Å². The molecule has 0 atom stereocenters. The lowest BCUT2D eigenvalue weighted by Gasteiger charge is -2.25. The Morgan fingerprint density at radius 2 is 1.58 bits per heavy atom. The van der Waals surface area contributed by atoms with Gasteiger partial charge in [0.1, 0.15) is 0 Å². The molecule has 0 N–H and O–H groups in total. The van der Waals surface area contributed by atoms with Crippen molar-refractivity contribution in [3.63, 3.8) is 0 Å². The summed E-state index contributed by atoms with van der Waals surface area (Å²) in [5.41, 5.74) is 1.09. The number of carbonyl (C=O) groups is 1. The molecule has 19 heavy (non-hydrogen) atoms. The third kappa shape index (κ3) is 5.43. The highest BCUT2D eigenvalue weighted by Gasteiger charge is 2.12. The van der Waals surface area contributed by atoms with Crippen molar-refractivity contribution < 1.29 is 4.79 Å². The minimum absolute atomic E-state index is 0.223. The topological polar surface area (TPSA) is 23.6 Å². The van der Waals surface area contributed by atoms with Gasteiger partial charge >= 0.3 is 0 Å². The van der Waals surface area contributed by atoms with Gasteiger partial charge in [0.15, 0.2) is 0 Å². The van der Waals surface area contributed by atoms with E-state index in [2.05, 4.69) is 18.7 Å². The summed E-state index contributed by atoms with van der Waals surface area (Å²) in [6, 6.07) is 9.96. The molecule has 0 aliphatic carbocycles. The number of rotatable bonds is 8. The molecule has 0 saturated heterocycles. The van der Waals surface area contributed by atoms with Crippen LogP contribution in [0.4, 0.5) is 0 Å². The van der Waals surface area contributed by atoms with Crippen molar-refractivity contribution in [2.45, 2.75) is 27.2 Å². The van der Waals surface area contributed by atoms with E-state index in [1.54, 1.807) is 0 Å². The summed E-state index contributed by atoms with van der Waals surface area (Å²) in [4.78, 5) is 16.5. The molecule has 1 aromatic rings. The van der Waals surface area contributed by atoms with E-state index in [9.17, 15) is 4.79 Å². The Labute approximate surface area is 117 Å². The van der Waals surface area contributed by atoms with Gasteiger partial charge in [-0.05, 0) is 25.6 Å². The largest absolute Gasteiger partial charge is 0.341 e. The maximum atomic E-state index is 12.2. The van der Waals surface area contributed by atoms with Gasteiger partial charge in [-0.1, -0.05) is 44.2 Å². The minimum atomic E-state index is 0.223. The number of hydrogen-bond acceptors (Lipinski definition) is 2. The van der Waals surface area contributed by atoms with Crippen molar-refractivity contribution >= 4 is 5.91 Å². The molecule has 0 bridgehead atoms. The molecular weight excluding hydrogens is 236 g/mol. The van der Waals surface area contributed by atoms with Gasteiger partial charge in [-0.25, -0.2) is 0 Å². The van der Waals surface area contributed by atoms with E-state index in [0.29, 0.717) is 6.42 Å². The first kappa shape index (κ1) is 15.7. The maximum absolute atomic E-state index is 12.2. The molecule has 1 amide bonds. The van der Waals surface area contributed by atoms with Gasteiger partial charge in [0.2, 0.25) is 5.91 Å². The lowest BCUT2D eigenvalue weighted by molar-refractivity contribution is -0.130. The Morgan fingerprint density at radius 3 is 2.11 bits per heavy atom. The number of nitrogens with zero attached hydrogens (tertiary/aromatic N) is 2. The summed E-state index contributed by atoms with van der Waals surface area (Å²) < 4.78 is 0. The van der Waals surface area contributed by atoms with E-state index < -0.39 is 0 Å². The second-order valence-corrected chi connectivity index (χ2v) is 4.66. The second kappa shape index (κ2) is 8.70. The molecule has 0 unspecified atom stereocenters. The molecule has 0 spiro atoms. The molecule has 0 aromatic heterocycles. The third-order valence-corrected chi connectivity index (χ3v) is 3.51. The average Bonchev–Trinajstić information content (AvgIpc) is 2.45. The van der Waals surface area contributed by atoms with Crippen LogP contribution in [0.5, 0.6) is 0 Å². The van der Waals surface area contributed by atoms with E-state index in [1.165, 1.54) is 0 Å². The zero-order valence-corrected chi connectivity index (χ0v) is 12.4. The molecule has 0 saturated carbocycles. The van der Waals surface area contributed by atoms with E-state index in [1.807, 2.05) is 42.2 Å². The van der Waals surface area contributed by atoms with Crippen molar-refractivity contribution in [1.29, 1.82) is 0 Å². The van der Waals surface area contributed by atoms with Crippen LogP contribution in [0.3, 0.4) is 0 Å². The molecule has 0 aliphatic rings. The van der Waals surface area contributed by atoms with Crippen LogP contribution in [0.15, 0.2) is 30.3 Å². The van der Waals surface area contributed by atoms with E-state index in [0.717, 1.165) is 38.3 Å². The van der Waals surface area contributed by atoms with E-state index >= 15 is 0 Å². The Kier molecular flexibility index (Phi) is 7.19. The predicted molar refractivity (Wildman–Crippen MR) is 80.2 cm³/mol. The van der Waals surface area contributed by atoms with Crippen LogP contribution >= 0.6 is 0 Å². The summed E-state index contributed by atoms with van der Waals surface area (Å²) in [6.45, 7) is 11.0. The fraction of sp³-hybridized carbons (Fsp3) is 0.562. The summed E-state index contributed by atoms with van der Waals surface area (Å²) in [6.07, 6.45) is 0.507. The van der Waals surface area contributed by atoms with Gasteiger partial charge in [0.25, 0.3) is 0 Å². The predicted octanol–water partition coefficient (Wildman–Crippen LogP) is 2.42. The second-order valence-electron chi connectivity index (χ2n) is 4.66. The van der Waals surface area contributed by atoms with Crippen molar-refractivity contribution in [3.8, 4) is 0 Å². The number of hydrogen-bond donors (Lipinski definition) is 0. The third-order valence-electron chi connectivity index (χ3n) is 3.51. The molecular formula is C16H26N2O. The van der Waals surface area contributed by atoms with Gasteiger partial charge in [-0.3, -0.25) is 4.79 Å². The van der Waals surface area contributed by atoms with Crippen molar-refractivity contribution in [3.05, 3.63) is 35.9 Å². The average molecular weight is 262 g/mol. The molecule has 0 fully saturated rings. The summed E-state index contributed by atoms with van der Waals surface area (Å²) >= 11 is 0. The van der Waals surface area contributed by atoms with Crippen LogP contribution in [0.2, 0.25) is 0 Å². The number of likely N-dealkylation sites (N-methyl/N-ethyl adjacent to an activating group) is 2. The Hall–Kier alpha value is -1.35. The number of amides is 1. The Morgan fingerprint density at radius 1 is 0.947 bits per heavy atom. The molecule has 106 valence electrons. The first-order valence-corrected chi connectivity index (χ1v) is 7.25. The van der Waals surface area contributed by atoms with Gasteiger partial charge in [0.05, 0.1) is 6.42 Å². The molecule has 1 aromatic carbocycles. The van der Waals surface area contributed by atoms with Gasteiger partial charge in [-0.2, -0.15) is 0 Å². The van der Waals surface area contributed by atoms with Crippen molar-refractivity contribution in [2.75, 3.05) is 32.7 Å². The van der Waals surface area contributed by atoms with Crippen LogP contribution < -0.4 is 0 Å². The highest BCUT2D eigenvalue weighted by atomic mass is 16.2. The SMILES string of the molecule is CCN(CC)CCN(CC)C(=O)Cc1ccccc1. The molecule has 1 rings (SSSR count). The van der Waals surface area contributed by atoms with Gasteiger partial charge < -0.3 is 9.80 Å². The van der Waals surface area contributed by atoms with Crippen molar-refractivity contribution in [1.82, 2.24) is 9.80 Å². The normalized spacial score (nSPS) is 10.7. The summed E-state index contributed by atoms with van der Waals surface area (Å²) in [7, 11) is 0. The van der Waals surface area contributed by atoms with Crippen LogP contribution in [0.1, 0.15) is 26.3 Å². The first-order chi connectivity index (χ1) is 9.21. The van der Waals surface area contributed by atoms with Crippen LogP contribution in [-0.4, -0.2) is 48.4 Å². The number of carbonyl (C=O) groups excluding carboxylic acids is 1. The fourth-order valence-corrected chi connectivity index (χ4v) is 2.14. The molecule has 3 heteroatoms. The standard InChI is InChI=1S/C16H26N2O/c1-4-17(5-2)12-13-18(6-3)16(19)14-15-10-8-7-9-11-15/h7-11H,4-6,12-14H2,1-3H3. The summed E-state index contributed by atoms with van der Waals surface area (Å²) in [5, 5.41) is 0. The maximum Gasteiger partial charge on any atom is 0.227 e. The molecule has 0 aliphatic heterocycles. The monoisotopic (exact) mass is 262 g/mol. The zero-order valence-electron chi connectivity index (χ0n) is 12.4. The quantitative estimate of drug-likeness (QED) is 0.718. The lowest BCUT2D eigenvalue weighted by Crippen LogP contribution is -2.39. The Bertz CT molecular complexity index is 360. The van der Waals surface area contributed by atoms with Crippen LogP contribution in [0, 0.1) is 0 Å². The fourth-order valence-electron chi connectivity index (χ4n) is 2.14. The molecule has 0 radical (unpaired) electrons. The van der Waals surface area contributed by atoms with E-state index in [4.69, 9.17) is 0 Å². The van der Waals surface area contributed by atoms with Gasteiger partial charge in [-0.15, -0.1) is 0 Å². The molecule has 3 nitrogen and oxygen atoms in total. The highest BCUT2D eigenvalue weighted by molar-refractivity contribution is 5.78. The smallest absolute Gasteiger partial charge is 0.227 e. The highest BCUT2D eigenvalue weighted by Crippen LogP contribution is 2.03. The summed E-state index contributed by atoms with van der Waals surface area (Å²) in [5.74, 6) is 0.223. The van der Waals surface area contributed by atoms with Crippen molar-refractivity contribution in [2.24, 2.45) is 0 Å². The van der Waals surface area contributed by atoms with Gasteiger partial charge in [0, 0.05) is 19.6 Å². The Balaban J connectivity index is 2.48. The first-order valence-electron chi connectivity index (χ1n) is 7.25. The molecule has 0 heterocycles. The zero-order chi connectivity index (χ0) is 14.1. The number of benzene rings is 1. The minimum Gasteiger partial charge on any atom is -0.341 e.